The van der Waals surface area contributed by atoms with E-state index in [1.165, 1.54) is 11.4 Å². The number of hydrogen-bond donors (Lipinski definition) is 1. The third kappa shape index (κ3) is 4.24. The number of anilines is 1. The van der Waals surface area contributed by atoms with Crippen molar-refractivity contribution in [1.82, 2.24) is 18.9 Å². The Kier molecular flexibility index (Phi) is 6.86. The van der Waals surface area contributed by atoms with Crippen molar-refractivity contribution in [3.8, 4) is 17.0 Å². The number of benzene rings is 1. The molecule has 0 saturated carbocycles. The van der Waals surface area contributed by atoms with Gasteiger partial charge in [0.2, 0.25) is 10.0 Å². The number of nitrogens with one attached hydrogen (secondary N) is 1. The maximum Gasteiger partial charge on any atom is 0.246 e. The number of fused-ring (bicyclic) bond motifs is 1. The largest absolute Gasteiger partial charge is 0.495 e. The molecule has 0 bridgehead atoms. The fraction of sp³-hybridized carbons (Fsp3) is 0.455. The summed E-state index contributed by atoms with van der Waals surface area (Å²) in [6.07, 6.45) is 1.85. The summed E-state index contributed by atoms with van der Waals surface area (Å²) in [5.74, 6) is 1.36. The summed E-state index contributed by atoms with van der Waals surface area (Å²) >= 11 is 0. The lowest BCUT2D eigenvalue weighted by atomic mass is 10.1. The van der Waals surface area contributed by atoms with Crippen molar-refractivity contribution in [3.05, 3.63) is 36.0 Å². The Labute approximate surface area is 184 Å². The first kappa shape index (κ1) is 23.0. The third-order valence-corrected chi connectivity index (χ3v) is 7.30. The number of hydrogen-bond acceptors (Lipinski definition) is 6. The third-order valence-electron chi connectivity index (χ3n) is 5.22. The van der Waals surface area contributed by atoms with Gasteiger partial charge in [-0.15, -0.1) is 5.10 Å². The van der Waals surface area contributed by atoms with Crippen LogP contribution in [0.25, 0.3) is 16.9 Å². The van der Waals surface area contributed by atoms with Crippen molar-refractivity contribution in [2.75, 3.05) is 32.1 Å². The summed E-state index contributed by atoms with van der Waals surface area (Å²) < 4.78 is 34.9. The highest BCUT2D eigenvalue weighted by atomic mass is 32.2. The van der Waals surface area contributed by atoms with E-state index in [0.29, 0.717) is 30.1 Å². The number of nitrogens with zero attached hydrogens (tertiary/aromatic N) is 4. The molecule has 0 fully saturated rings. The minimum atomic E-state index is -3.69. The standard InChI is InChI=1S/C22H31N5O3S/c1-7-23-21-20(15(4)5)22-24-17(12-13-27(22)25-21)16-10-11-18(30-6)19(14-16)31(28,29)26(8-2)9-3/h10-15H,7-9H2,1-6H3,(H,23,25). The van der Waals surface area contributed by atoms with Crippen LogP contribution in [0.3, 0.4) is 0 Å². The summed E-state index contributed by atoms with van der Waals surface area (Å²) in [5, 5.41) is 7.91. The second-order valence-electron chi connectivity index (χ2n) is 7.48. The van der Waals surface area contributed by atoms with E-state index in [0.717, 1.165) is 23.6 Å². The SMILES string of the molecule is CCNc1nn2ccc(-c3ccc(OC)c(S(=O)(=O)N(CC)CC)c3)nc2c1C(C)C. The number of methoxy groups -OCH3 is 1. The molecule has 1 N–H and O–H groups in total. The van der Waals surface area contributed by atoms with Crippen LogP contribution in [0.15, 0.2) is 35.4 Å². The first-order valence-electron chi connectivity index (χ1n) is 10.6. The molecule has 1 aromatic carbocycles. The number of sulfonamides is 1. The predicted molar refractivity (Wildman–Crippen MR) is 123 cm³/mol. The van der Waals surface area contributed by atoms with E-state index in [1.807, 2.05) is 39.1 Å². The van der Waals surface area contributed by atoms with Gasteiger partial charge in [0.1, 0.15) is 10.6 Å². The van der Waals surface area contributed by atoms with Crippen molar-refractivity contribution < 1.29 is 13.2 Å². The molecule has 0 aliphatic heterocycles. The number of rotatable bonds is 9. The van der Waals surface area contributed by atoms with Crippen LogP contribution in [0.2, 0.25) is 0 Å². The van der Waals surface area contributed by atoms with E-state index in [2.05, 4.69) is 24.3 Å². The van der Waals surface area contributed by atoms with Gasteiger partial charge in [0.25, 0.3) is 0 Å². The first-order chi connectivity index (χ1) is 14.8. The molecule has 8 nitrogen and oxygen atoms in total. The van der Waals surface area contributed by atoms with Gasteiger partial charge >= 0.3 is 0 Å². The zero-order chi connectivity index (χ0) is 22.8. The summed E-state index contributed by atoms with van der Waals surface area (Å²) in [6, 6.07) is 6.99. The number of aromatic nitrogens is 3. The Balaban J connectivity index is 2.18. The molecular weight excluding hydrogens is 414 g/mol. The zero-order valence-electron chi connectivity index (χ0n) is 19.0. The fourth-order valence-electron chi connectivity index (χ4n) is 3.68. The lowest BCUT2D eigenvalue weighted by molar-refractivity contribution is 0.395. The maximum absolute atomic E-state index is 13.2. The molecule has 0 aliphatic carbocycles. The van der Waals surface area contributed by atoms with E-state index in [4.69, 9.17) is 9.72 Å². The minimum absolute atomic E-state index is 0.142. The summed E-state index contributed by atoms with van der Waals surface area (Å²) in [5.41, 5.74) is 3.17. The van der Waals surface area contributed by atoms with Crippen LogP contribution < -0.4 is 10.1 Å². The smallest absolute Gasteiger partial charge is 0.246 e. The highest BCUT2D eigenvalue weighted by Gasteiger charge is 2.26. The molecule has 2 aromatic heterocycles. The average Bonchev–Trinajstić information content (AvgIpc) is 3.11. The molecule has 0 radical (unpaired) electrons. The minimum Gasteiger partial charge on any atom is -0.495 e. The molecule has 0 saturated heterocycles. The normalized spacial score (nSPS) is 12.1. The highest BCUT2D eigenvalue weighted by Crippen LogP contribution is 2.33. The molecule has 3 rings (SSSR count). The van der Waals surface area contributed by atoms with E-state index < -0.39 is 10.0 Å². The lowest BCUT2D eigenvalue weighted by Gasteiger charge is -2.20. The predicted octanol–water partition coefficient (Wildman–Crippen LogP) is 3.99. The van der Waals surface area contributed by atoms with Crippen LogP contribution in [0, 0.1) is 0 Å². The Morgan fingerprint density at radius 1 is 1.16 bits per heavy atom. The summed E-state index contributed by atoms with van der Waals surface area (Å²) in [7, 11) is -2.21. The van der Waals surface area contributed by atoms with Crippen molar-refractivity contribution in [1.29, 1.82) is 0 Å². The van der Waals surface area contributed by atoms with Gasteiger partial charge in [-0.3, -0.25) is 0 Å². The van der Waals surface area contributed by atoms with E-state index in [1.54, 1.807) is 16.6 Å². The second kappa shape index (κ2) is 9.23. The van der Waals surface area contributed by atoms with Crippen LogP contribution in [0.5, 0.6) is 5.75 Å². The molecule has 2 heterocycles. The summed E-state index contributed by atoms with van der Waals surface area (Å²) in [4.78, 5) is 4.99. The molecule has 9 heteroatoms. The molecule has 3 aromatic rings. The van der Waals surface area contributed by atoms with Crippen molar-refractivity contribution in [2.45, 2.75) is 45.4 Å². The van der Waals surface area contributed by atoms with Crippen LogP contribution in [0.4, 0.5) is 5.82 Å². The molecule has 0 aliphatic rings. The molecule has 0 amide bonds. The first-order valence-corrected chi connectivity index (χ1v) is 12.0. The zero-order valence-corrected chi connectivity index (χ0v) is 19.8. The van der Waals surface area contributed by atoms with Crippen LogP contribution in [0.1, 0.15) is 46.1 Å². The van der Waals surface area contributed by atoms with Gasteiger partial charge < -0.3 is 10.1 Å². The topological polar surface area (TPSA) is 88.8 Å². The molecule has 0 spiro atoms. The van der Waals surface area contributed by atoms with Crippen molar-refractivity contribution in [3.63, 3.8) is 0 Å². The quantitative estimate of drug-likeness (QED) is 0.536. The van der Waals surface area contributed by atoms with Gasteiger partial charge in [0, 0.05) is 37.0 Å². The van der Waals surface area contributed by atoms with Gasteiger partial charge in [-0.2, -0.15) is 4.31 Å². The van der Waals surface area contributed by atoms with Gasteiger partial charge in [-0.25, -0.2) is 17.9 Å². The summed E-state index contributed by atoms with van der Waals surface area (Å²) in [6.45, 7) is 11.4. The molecule has 0 unspecified atom stereocenters. The molecule has 168 valence electrons. The second-order valence-corrected chi connectivity index (χ2v) is 9.39. The van der Waals surface area contributed by atoms with Gasteiger partial charge in [-0.1, -0.05) is 27.7 Å². The number of ether oxygens (including phenoxy) is 1. The van der Waals surface area contributed by atoms with Crippen LogP contribution in [-0.2, 0) is 10.0 Å². The highest BCUT2D eigenvalue weighted by molar-refractivity contribution is 7.89. The Bertz CT molecular complexity index is 1170. The van der Waals surface area contributed by atoms with Gasteiger partial charge in [0.15, 0.2) is 11.5 Å². The molecule has 0 atom stereocenters. The van der Waals surface area contributed by atoms with Crippen molar-refractivity contribution in [2.24, 2.45) is 0 Å². The van der Waals surface area contributed by atoms with Gasteiger partial charge in [0.05, 0.1) is 12.8 Å². The average molecular weight is 446 g/mol. The monoisotopic (exact) mass is 445 g/mol. The Morgan fingerprint density at radius 2 is 1.87 bits per heavy atom. The van der Waals surface area contributed by atoms with Crippen molar-refractivity contribution >= 4 is 21.5 Å². The van der Waals surface area contributed by atoms with E-state index in [9.17, 15) is 8.42 Å². The maximum atomic E-state index is 13.2. The van der Waals surface area contributed by atoms with E-state index in [-0.39, 0.29) is 10.8 Å². The molecular formula is C22H31N5O3S. The lowest BCUT2D eigenvalue weighted by Crippen LogP contribution is -2.30. The van der Waals surface area contributed by atoms with Crippen LogP contribution >= 0.6 is 0 Å². The van der Waals surface area contributed by atoms with Gasteiger partial charge in [-0.05, 0) is 37.1 Å². The molecule has 31 heavy (non-hydrogen) atoms. The van der Waals surface area contributed by atoms with Crippen LogP contribution in [-0.4, -0.2) is 54.1 Å². The fourth-order valence-corrected chi connectivity index (χ4v) is 5.32. The Hall–Kier alpha value is -2.65. The Morgan fingerprint density at radius 3 is 2.45 bits per heavy atom. The van der Waals surface area contributed by atoms with E-state index >= 15 is 0 Å².